The van der Waals surface area contributed by atoms with Crippen LogP contribution in [-0.4, -0.2) is 61.5 Å². The van der Waals surface area contributed by atoms with Gasteiger partial charge in [-0.15, -0.1) is 35.0 Å². The van der Waals surface area contributed by atoms with Gasteiger partial charge in [-0.2, -0.15) is 0 Å². The highest BCUT2D eigenvalue weighted by atomic mass is 35.5. The number of anilines is 1. The predicted molar refractivity (Wildman–Crippen MR) is 104 cm³/mol. The first-order valence-corrected chi connectivity index (χ1v) is 9.85. The molecule has 5 nitrogen and oxygen atoms in total. The van der Waals surface area contributed by atoms with Crippen molar-refractivity contribution in [2.24, 2.45) is 5.92 Å². The normalized spacial score (nSPS) is 18.0. The van der Waals surface area contributed by atoms with Gasteiger partial charge < -0.3 is 19.7 Å². The van der Waals surface area contributed by atoms with Crippen molar-refractivity contribution in [2.45, 2.75) is 15.6 Å². The fourth-order valence-corrected chi connectivity index (χ4v) is 4.19. The van der Waals surface area contributed by atoms with Crippen LogP contribution in [0.3, 0.4) is 0 Å². The molecule has 1 aliphatic rings. The number of para-hydroxylation sites is 1. The van der Waals surface area contributed by atoms with Crippen molar-refractivity contribution in [3.63, 3.8) is 0 Å². The number of halogens is 2. The number of nitrogens with zero attached hydrogens (tertiary/aromatic N) is 1. The number of ether oxygens (including phenoxy) is 2. The fourth-order valence-electron chi connectivity index (χ4n) is 2.25. The van der Waals surface area contributed by atoms with Gasteiger partial charge in [-0.1, -0.05) is 12.1 Å². The van der Waals surface area contributed by atoms with E-state index in [4.69, 9.17) is 32.7 Å². The van der Waals surface area contributed by atoms with Crippen LogP contribution in [0.4, 0.5) is 10.5 Å². The third-order valence-electron chi connectivity index (χ3n) is 3.94. The Bertz CT molecular complexity index is 567. The summed E-state index contributed by atoms with van der Waals surface area (Å²) >= 11 is 13.8. The number of amides is 2. The molecule has 0 aromatic heterocycles. The third-order valence-corrected chi connectivity index (χ3v) is 6.10. The molecule has 1 saturated carbocycles. The Hall–Kier alpha value is -0.660. The zero-order valence-corrected chi connectivity index (χ0v) is 16.8. The number of alkyl halides is 2. The molecule has 1 aromatic carbocycles. The monoisotopic (exact) mass is 406 g/mol. The molecule has 0 bridgehead atoms. The maximum Gasteiger partial charge on any atom is 0.322 e. The Morgan fingerprint density at radius 3 is 2.44 bits per heavy atom. The van der Waals surface area contributed by atoms with Gasteiger partial charge in [0.2, 0.25) is 0 Å². The van der Waals surface area contributed by atoms with Gasteiger partial charge in [0.1, 0.15) is 4.33 Å². The molecule has 8 heteroatoms. The molecule has 1 atom stereocenters. The number of thioether (sulfide) groups is 1. The summed E-state index contributed by atoms with van der Waals surface area (Å²) in [5.74, 6) is 1.13. The molecular weight excluding hydrogens is 383 g/mol. The van der Waals surface area contributed by atoms with Crippen LogP contribution in [0.25, 0.3) is 0 Å². The van der Waals surface area contributed by atoms with Crippen molar-refractivity contribution < 1.29 is 14.3 Å². The molecule has 1 aliphatic carbocycles. The molecule has 2 rings (SSSR count). The molecule has 1 N–H and O–H groups in total. The van der Waals surface area contributed by atoms with Gasteiger partial charge >= 0.3 is 6.03 Å². The second-order valence-electron chi connectivity index (χ2n) is 5.87. The molecule has 2 amide bonds. The molecule has 1 aromatic rings. The van der Waals surface area contributed by atoms with E-state index in [-0.39, 0.29) is 6.03 Å². The van der Waals surface area contributed by atoms with Crippen LogP contribution in [0.1, 0.15) is 6.42 Å². The zero-order chi connectivity index (χ0) is 18.3. The highest BCUT2D eigenvalue weighted by Gasteiger charge is 2.51. The third kappa shape index (κ3) is 6.53. The van der Waals surface area contributed by atoms with E-state index in [1.807, 2.05) is 24.3 Å². The van der Waals surface area contributed by atoms with E-state index in [0.717, 1.165) is 22.8 Å². The molecule has 25 heavy (non-hydrogen) atoms. The summed E-state index contributed by atoms with van der Waals surface area (Å²) < 4.78 is 9.57. The summed E-state index contributed by atoms with van der Waals surface area (Å²) in [6, 6.07) is 7.57. The van der Waals surface area contributed by atoms with E-state index < -0.39 is 4.33 Å². The lowest BCUT2D eigenvalue weighted by Crippen LogP contribution is -2.39. The van der Waals surface area contributed by atoms with Crippen LogP contribution in [0.5, 0.6) is 0 Å². The van der Waals surface area contributed by atoms with Crippen molar-refractivity contribution >= 4 is 46.7 Å². The van der Waals surface area contributed by atoms with Gasteiger partial charge in [-0.3, -0.25) is 0 Å². The Morgan fingerprint density at radius 1 is 1.28 bits per heavy atom. The maximum absolute atomic E-state index is 12.6. The minimum absolute atomic E-state index is 0.169. The molecule has 0 spiro atoms. The first-order chi connectivity index (χ1) is 12.0. The summed E-state index contributed by atoms with van der Waals surface area (Å²) in [4.78, 5) is 15.3. The molecule has 1 fully saturated rings. The lowest BCUT2D eigenvalue weighted by atomic mass is 10.3. The standard InChI is InChI=1S/C17H24Cl2N2O3S/c1-23-9-7-21(8-10-24-2)16(22)20-14-5-3-4-6-15(14)25-12-13-11-17(13,18)19/h3-6,13H,7-12H2,1-2H3,(H,20,22). The number of urea groups is 1. The fraction of sp³-hybridized carbons (Fsp3) is 0.588. The van der Waals surface area contributed by atoms with Crippen LogP contribution >= 0.6 is 35.0 Å². The molecule has 0 radical (unpaired) electrons. The number of carbonyl (C=O) groups is 1. The van der Waals surface area contributed by atoms with Crippen LogP contribution in [0, 0.1) is 5.92 Å². The Morgan fingerprint density at radius 2 is 1.88 bits per heavy atom. The number of carbonyl (C=O) groups excluding carboxylic acids is 1. The lowest BCUT2D eigenvalue weighted by molar-refractivity contribution is 0.127. The SMILES string of the molecule is COCCN(CCOC)C(=O)Nc1ccccc1SCC1CC1(Cl)Cl. The number of nitrogens with one attached hydrogen (secondary N) is 1. The molecule has 140 valence electrons. The van der Waals surface area contributed by atoms with Crippen molar-refractivity contribution in [3.05, 3.63) is 24.3 Å². The van der Waals surface area contributed by atoms with Crippen LogP contribution < -0.4 is 5.32 Å². The molecule has 0 aliphatic heterocycles. The lowest BCUT2D eigenvalue weighted by Gasteiger charge is -2.23. The zero-order valence-electron chi connectivity index (χ0n) is 14.5. The van der Waals surface area contributed by atoms with Crippen LogP contribution in [0.2, 0.25) is 0 Å². The molecule has 0 heterocycles. The largest absolute Gasteiger partial charge is 0.383 e. The molecule has 1 unspecified atom stereocenters. The first kappa shape index (κ1) is 20.6. The van der Waals surface area contributed by atoms with Crippen LogP contribution in [0.15, 0.2) is 29.2 Å². The average molecular weight is 407 g/mol. The summed E-state index contributed by atoms with van der Waals surface area (Å²) in [6.07, 6.45) is 0.819. The van der Waals surface area contributed by atoms with Gasteiger partial charge in [-0.25, -0.2) is 4.79 Å². The number of hydrogen-bond acceptors (Lipinski definition) is 4. The number of benzene rings is 1. The van der Waals surface area contributed by atoms with E-state index >= 15 is 0 Å². The van der Waals surface area contributed by atoms with E-state index in [1.165, 1.54) is 0 Å². The summed E-state index contributed by atoms with van der Waals surface area (Å²) in [6.45, 7) is 1.96. The smallest absolute Gasteiger partial charge is 0.322 e. The van der Waals surface area contributed by atoms with E-state index in [1.54, 1.807) is 30.9 Å². The topological polar surface area (TPSA) is 50.8 Å². The minimum Gasteiger partial charge on any atom is -0.383 e. The van der Waals surface area contributed by atoms with Crippen molar-refractivity contribution in [1.82, 2.24) is 4.90 Å². The second kappa shape index (κ2) is 9.88. The number of hydrogen-bond donors (Lipinski definition) is 1. The minimum atomic E-state index is -0.581. The number of methoxy groups -OCH3 is 2. The van der Waals surface area contributed by atoms with Crippen molar-refractivity contribution in [2.75, 3.05) is 51.6 Å². The predicted octanol–water partition coefficient (Wildman–Crippen LogP) is 4.10. The Kier molecular flexibility index (Phi) is 8.16. The van der Waals surface area contributed by atoms with Gasteiger partial charge in [0.25, 0.3) is 0 Å². The highest BCUT2D eigenvalue weighted by Crippen LogP contribution is 2.55. The maximum atomic E-state index is 12.6. The van der Waals surface area contributed by atoms with Crippen LogP contribution in [-0.2, 0) is 9.47 Å². The van der Waals surface area contributed by atoms with Gasteiger partial charge in [-0.05, 0) is 18.6 Å². The van der Waals surface area contributed by atoms with E-state index in [9.17, 15) is 4.79 Å². The van der Waals surface area contributed by atoms with E-state index in [0.29, 0.717) is 32.2 Å². The highest BCUT2D eigenvalue weighted by molar-refractivity contribution is 7.99. The Labute approximate surface area is 163 Å². The van der Waals surface area contributed by atoms with Crippen molar-refractivity contribution in [1.29, 1.82) is 0 Å². The van der Waals surface area contributed by atoms with Gasteiger partial charge in [0.05, 0.1) is 18.9 Å². The average Bonchev–Trinajstić information content (AvgIpc) is 3.21. The molecular formula is C17H24Cl2N2O3S. The van der Waals surface area contributed by atoms with Gasteiger partial charge in [0.15, 0.2) is 0 Å². The first-order valence-electron chi connectivity index (χ1n) is 8.11. The molecule has 0 saturated heterocycles. The van der Waals surface area contributed by atoms with Crippen molar-refractivity contribution in [3.8, 4) is 0 Å². The summed E-state index contributed by atoms with van der Waals surface area (Å²) in [5, 5.41) is 2.98. The Balaban J connectivity index is 1.96. The summed E-state index contributed by atoms with van der Waals surface area (Å²) in [5.41, 5.74) is 0.785. The van der Waals surface area contributed by atoms with Gasteiger partial charge in [0, 0.05) is 43.9 Å². The number of rotatable bonds is 10. The second-order valence-corrected chi connectivity index (χ2v) is 8.48. The van der Waals surface area contributed by atoms with E-state index in [2.05, 4.69) is 5.32 Å². The summed E-state index contributed by atoms with van der Waals surface area (Å²) in [7, 11) is 3.23. The quantitative estimate of drug-likeness (QED) is 0.469.